The molecule has 27 heteroatoms. The smallest absolute Gasteiger partial charge is 0.407 e. The monoisotopic (exact) mass is 1080 g/mol. The van der Waals surface area contributed by atoms with Gasteiger partial charge in [-0.05, 0) is 76.3 Å². The van der Waals surface area contributed by atoms with Crippen LogP contribution in [0.4, 0.5) is 50.7 Å². The van der Waals surface area contributed by atoms with Crippen molar-refractivity contribution in [2.45, 2.75) is 108 Å². The Balaban J connectivity index is 1.19. The van der Waals surface area contributed by atoms with E-state index in [4.69, 9.17) is 4.74 Å². The molecule has 4 amide bonds. The lowest BCUT2D eigenvalue weighted by Crippen LogP contribution is -2.63. The first kappa shape index (κ1) is 56.9. The number of aliphatic hydroxyl groups excluding tert-OH is 1. The Morgan fingerprint density at radius 3 is 1.83 bits per heavy atom. The van der Waals surface area contributed by atoms with E-state index in [1.807, 2.05) is 10.7 Å². The van der Waals surface area contributed by atoms with Gasteiger partial charge in [-0.25, -0.2) is 43.3 Å². The summed E-state index contributed by atoms with van der Waals surface area (Å²) in [4.78, 5) is 74.0. The number of nitrogens with one attached hydrogen (secondary N) is 4. The number of amides is 4. The molecule has 3 fully saturated rings. The Kier molecular flexibility index (Phi) is 17.1. The zero-order valence-electron chi connectivity index (χ0n) is 41.8. The minimum Gasteiger partial charge on any atom is -0.465 e. The largest absolute Gasteiger partial charge is 0.465 e. The zero-order valence-corrected chi connectivity index (χ0v) is 41.8. The van der Waals surface area contributed by atoms with Gasteiger partial charge in [-0.2, -0.15) is 26.3 Å². The van der Waals surface area contributed by atoms with E-state index in [0.717, 1.165) is 58.4 Å². The number of nitrogens with zero attached hydrogens (tertiary/aromatic N) is 7. The molecule has 5 heterocycles. The van der Waals surface area contributed by atoms with E-state index < -0.39 is 108 Å². The molecule has 7 rings (SSSR count). The van der Waals surface area contributed by atoms with Crippen molar-refractivity contribution >= 4 is 29.9 Å². The molecule has 412 valence electrons. The van der Waals surface area contributed by atoms with E-state index in [0.29, 0.717) is 73.5 Å². The highest BCUT2D eigenvalue weighted by Gasteiger charge is 2.57. The number of carboxylic acid groups (broad SMARTS) is 1. The van der Waals surface area contributed by atoms with Gasteiger partial charge in [0, 0.05) is 79.7 Å². The van der Waals surface area contributed by atoms with Gasteiger partial charge in [-0.3, -0.25) is 19.9 Å². The number of aromatic nitrogens is 4. The summed E-state index contributed by atoms with van der Waals surface area (Å²) >= 11 is 0. The maximum absolute atomic E-state index is 16.0. The molecule has 19 nitrogen and oxygen atoms in total. The summed E-state index contributed by atoms with van der Waals surface area (Å²) in [5.74, 6) is -5.39. The number of carbonyl (C=O) groups excluding carboxylic acids is 3. The number of benzene rings is 2. The Hall–Kier alpha value is -6.84. The number of alkyl carbamates (subject to hydrolysis) is 1. The third kappa shape index (κ3) is 12.7. The van der Waals surface area contributed by atoms with Gasteiger partial charge in [-0.1, -0.05) is 24.3 Å². The minimum absolute atomic E-state index is 0.109. The van der Waals surface area contributed by atoms with Crippen LogP contribution >= 0.6 is 0 Å². The van der Waals surface area contributed by atoms with Crippen molar-refractivity contribution in [3.05, 3.63) is 90.0 Å². The number of halogens is 8. The lowest BCUT2D eigenvalue weighted by molar-refractivity contribution is -0.221. The van der Waals surface area contributed by atoms with Gasteiger partial charge in [0.1, 0.15) is 23.7 Å². The van der Waals surface area contributed by atoms with Crippen molar-refractivity contribution in [3.8, 4) is 22.5 Å². The molecule has 3 aliphatic rings. The number of hydrazine groups is 1. The fourth-order valence-corrected chi connectivity index (χ4v) is 9.38. The summed E-state index contributed by atoms with van der Waals surface area (Å²) < 4.78 is 129. The van der Waals surface area contributed by atoms with Crippen LogP contribution in [0.15, 0.2) is 67.3 Å². The molecular weight excluding hydrogens is 1020 g/mol. The molecule has 76 heavy (non-hydrogen) atoms. The number of carbonyl (C=O) groups is 4. The van der Waals surface area contributed by atoms with E-state index in [1.165, 1.54) is 23.8 Å². The molecule has 0 saturated carbocycles. The zero-order chi connectivity index (χ0) is 55.5. The first-order chi connectivity index (χ1) is 35.7. The molecule has 0 radical (unpaired) electrons. The summed E-state index contributed by atoms with van der Waals surface area (Å²) in [6, 6.07) is 3.74. The number of piperazine rings is 1. The molecular formula is C49H57F8N11O8. The predicted molar refractivity (Wildman–Crippen MR) is 254 cm³/mol. The first-order valence-corrected chi connectivity index (χ1v) is 24.0. The van der Waals surface area contributed by atoms with Crippen LogP contribution in [-0.2, 0) is 32.0 Å². The number of rotatable bonds is 19. The van der Waals surface area contributed by atoms with Gasteiger partial charge >= 0.3 is 24.5 Å². The molecule has 6 atom stereocenters. The summed E-state index contributed by atoms with van der Waals surface area (Å²) in [5, 5.41) is 27.8. The average Bonchev–Trinajstić information content (AvgIpc) is 3.58. The van der Waals surface area contributed by atoms with Crippen LogP contribution < -0.4 is 26.3 Å². The highest BCUT2D eigenvalue weighted by Crippen LogP contribution is 2.42. The van der Waals surface area contributed by atoms with E-state index in [1.54, 1.807) is 36.7 Å². The summed E-state index contributed by atoms with van der Waals surface area (Å²) in [7, 11) is 0.836. The topological polar surface area (TPSA) is 237 Å². The van der Waals surface area contributed by atoms with Crippen molar-refractivity contribution in [2.75, 3.05) is 44.9 Å². The third-order valence-corrected chi connectivity index (χ3v) is 14.2. The fourth-order valence-electron chi connectivity index (χ4n) is 9.38. The molecule has 0 spiro atoms. The van der Waals surface area contributed by atoms with E-state index in [2.05, 4.69) is 39.8 Å². The Morgan fingerprint density at radius 2 is 1.33 bits per heavy atom. The molecule has 3 saturated heterocycles. The second-order valence-electron chi connectivity index (χ2n) is 20.0. The first-order valence-electron chi connectivity index (χ1n) is 24.0. The van der Waals surface area contributed by atoms with E-state index in [9.17, 15) is 55.7 Å². The summed E-state index contributed by atoms with van der Waals surface area (Å²) in [5.41, 5.74) is -3.62. The van der Waals surface area contributed by atoms with Crippen LogP contribution in [-0.4, -0.2) is 159 Å². The van der Waals surface area contributed by atoms with Crippen molar-refractivity contribution in [1.29, 1.82) is 0 Å². The quantitative estimate of drug-likeness (QED) is 0.0510. The maximum atomic E-state index is 16.0. The van der Waals surface area contributed by atoms with Crippen molar-refractivity contribution in [3.63, 3.8) is 0 Å². The van der Waals surface area contributed by atoms with Crippen LogP contribution in [0.3, 0.4) is 0 Å². The predicted octanol–water partition coefficient (Wildman–Crippen LogP) is 5.39. The van der Waals surface area contributed by atoms with Gasteiger partial charge in [-0.15, -0.1) is 0 Å². The van der Waals surface area contributed by atoms with Crippen LogP contribution in [0.1, 0.15) is 51.7 Å². The molecule has 6 N–H and O–H groups in total. The second-order valence-corrected chi connectivity index (χ2v) is 20.0. The molecule has 0 aliphatic carbocycles. The molecule has 2 unspecified atom stereocenters. The Labute approximate surface area is 430 Å². The normalized spacial score (nSPS) is 19.0. The standard InChI is InChI=1S/C49H57F8N11O8/c1-46(2,48(52,53)54)38(64-45(74)75-5)41(70)62-36(15-26-7-9-27(10-8-26)29-18-60-43(61-19-29)66-20-30-11-12-31(21-66)68(30)32-24-76-25-32)37(69)23-67(65-42(71)39(63-44(72)73)47(3,4)49(55,56)57)22-33-34(50)16-28(17-35(33)51)40-58-13-6-14-59-40/h6-10,13-14,16-19,30-32,36-39,63,69H,11-12,15,20-25H2,1-5H3,(H,62,70)(H,64,74)(H,65,71)(H,72,73)/t30?,31?,36-,37-,38+,39+/m0/s1. The number of hydrogen-bond donors (Lipinski definition) is 6. The number of hydrogen-bond acceptors (Lipinski definition) is 14. The highest BCUT2D eigenvalue weighted by molar-refractivity contribution is 5.87. The van der Waals surface area contributed by atoms with Crippen LogP contribution in [0, 0.1) is 22.5 Å². The summed E-state index contributed by atoms with van der Waals surface area (Å²) in [6.45, 7) is 3.04. The van der Waals surface area contributed by atoms with E-state index >= 15 is 8.78 Å². The molecule has 2 aromatic heterocycles. The van der Waals surface area contributed by atoms with Gasteiger partial charge < -0.3 is 40.5 Å². The van der Waals surface area contributed by atoms with Crippen molar-refractivity contribution in [1.82, 2.24) is 51.2 Å². The molecule has 2 aromatic carbocycles. The Bertz CT molecular complexity index is 2670. The maximum Gasteiger partial charge on any atom is 0.407 e. The van der Waals surface area contributed by atoms with Crippen molar-refractivity contribution < 1.29 is 74.0 Å². The Morgan fingerprint density at radius 1 is 0.776 bits per heavy atom. The number of aliphatic hydroxyl groups is 1. The fraction of sp³-hybridized carbons (Fsp3) is 0.510. The SMILES string of the molecule is COC(=O)N[C@H](C(=O)N[C@@H](Cc1ccc(-c2cnc(N3CC4CCC(C3)N4C3COC3)nc2)cc1)[C@@H](O)CN(Cc1c(F)cc(-c2ncccn2)cc1F)NC(=O)[C@@H](NC(=O)O)C(C)(C)C(F)(F)F)C(C)(C)C(F)(F)F. The third-order valence-electron chi connectivity index (χ3n) is 14.2. The number of anilines is 1. The number of methoxy groups -OCH3 is 1. The molecule has 2 bridgehead atoms. The minimum atomic E-state index is -5.24. The van der Waals surface area contributed by atoms with Gasteiger partial charge in [0.15, 0.2) is 5.82 Å². The highest BCUT2D eigenvalue weighted by atomic mass is 19.4. The van der Waals surface area contributed by atoms with Crippen LogP contribution in [0.5, 0.6) is 0 Å². The van der Waals surface area contributed by atoms with Crippen LogP contribution in [0.25, 0.3) is 22.5 Å². The molecule has 4 aromatic rings. The van der Waals surface area contributed by atoms with Gasteiger partial charge in [0.25, 0.3) is 5.91 Å². The van der Waals surface area contributed by atoms with Gasteiger partial charge in [0.2, 0.25) is 11.9 Å². The van der Waals surface area contributed by atoms with Crippen LogP contribution in [0.2, 0.25) is 0 Å². The lowest BCUT2D eigenvalue weighted by atomic mass is 9.82. The van der Waals surface area contributed by atoms with Crippen molar-refractivity contribution in [2.24, 2.45) is 10.8 Å². The second kappa shape index (κ2) is 22.8. The number of ether oxygens (including phenoxy) is 2. The number of alkyl halides is 6. The average molecular weight is 1080 g/mol. The number of fused-ring (bicyclic) bond motifs is 2. The molecule has 3 aliphatic heterocycles. The lowest BCUT2D eigenvalue weighted by Gasteiger charge is -2.47. The van der Waals surface area contributed by atoms with Gasteiger partial charge in [0.05, 0.1) is 49.3 Å². The summed E-state index contributed by atoms with van der Waals surface area (Å²) in [6.07, 6.45) is -8.46. The van der Waals surface area contributed by atoms with E-state index in [-0.39, 0.29) is 11.4 Å².